The Morgan fingerprint density at radius 1 is 1.05 bits per heavy atom. The van der Waals surface area contributed by atoms with Crippen molar-refractivity contribution < 1.29 is 14.6 Å². The van der Waals surface area contributed by atoms with Gasteiger partial charge in [0.2, 0.25) is 0 Å². The van der Waals surface area contributed by atoms with Gasteiger partial charge >= 0.3 is 6.09 Å². The Morgan fingerprint density at radius 2 is 1.95 bits per heavy atom. The second-order valence-corrected chi connectivity index (χ2v) is 12.3. The number of benzene rings is 1. The van der Waals surface area contributed by atoms with Crippen LogP contribution in [0, 0.1) is 5.92 Å². The van der Waals surface area contributed by atoms with E-state index in [2.05, 4.69) is 22.0 Å². The van der Waals surface area contributed by atoms with E-state index in [1.54, 1.807) is 6.20 Å². The molecule has 6 nitrogen and oxygen atoms in total. The molecular weight excluding hydrogens is 462 g/mol. The van der Waals surface area contributed by atoms with E-state index in [1.807, 2.05) is 29.3 Å². The predicted octanol–water partition coefficient (Wildman–Crippen LogP) is 5.39. The molecule has 1 aromatic heterocycles. The summed E-state index contributed by atoms with van der Waals surface area (Å²) in [6, 6.07) is 10.4. The van der Waals surface area contributed by atoms with Crippen molar-refractivity contribution in [2.24, 2.45) is 5.92 Å². The van der Waals surface area contributed by atoms with E-state index in [4.69, 9.17) is 4.74 Å². The minimum absolute atomic E-state index is 0.0154. The van der Waals surface area contributed by atoms with Crippen LogP contribution < -0.4 is 4.74 Å². The highest BCUT2D eigenvalue weighted by atomic mass is 16.6. The van der Waals surface area contributed by atoms with E-state index in [0.29, 0.717) is 12.3 Å². The number of nitrogens with zero attached hydrogens (tertiary/aromatic N) is 3. The second-order valence-electron chi connectivity index (χ2n) is 12.3. The van der Waals surface area contributed by atoms with Gasteiger partial charge < -0.3 is 14.7 Å². The number of carbonyl (C=O) groups is 1. The Kier molecular flexibility index (Phi) is 5.81. The Hall–Kier alpha value is -2.44. The first kappa shape index (κ1) is 23.7. The van der Waals surface area contributed by atoms with E-state index in [0.717, 1.165) is 75.9 Å². The second kappa shape index (κ2) is 9.09. The molecule has 1 unspecified atom stereocenters. The predicted molar refractivity (Wildman–Crippen MR) is 142 cm³/mol. The van der Waals surface area contributed by atoms with Gasteiger partial charge in [0, 0.05) is 36.9 Å². The number of carbonyl (C=O) groups excluding carboxylic acids is 1. The zero-order valence-electron chi connectivity index (χ0n) is 21.8. The number of aromatic nitrogens is 1. The van der Waals surface area contributed by atoms with E-state index < -0.39 is 5.60 Å². The van der Waals surface area contributed by atoms with E-state index >= 15 is 0 Å². The van der Waals surface area contributed by atoms with Crippen molar-refractivity contribution in [2.75, 3.05) is 19.6 Å². The summed E-state index contributed by atoms with van der Waals surface area (Å²) in [7, 11) is 0. The first-order valence-corrected chi connectivity index (χ1v) is 14.6. The number of hydrogen-bond donors (Lipinski definition) is 1. The first-order valence-electron chi connectivity index (χ1n) is 14.6. The number of likely N-dealkylation sites (tertiary alicyclic amines) is 2. The monoisotopic (exact) mass is 501 g/mol. The molecule has 2 aliphatic heterocycles. The Bertz CT molecular complexity index is 1170. The highest BCUT2D eigenvalue weighted by Gasteiger charge is 2.63. The van der Waals surface area contributed by atoms with Crippen molar-refractivity contribution in [1.29, 1.82) is 0 Å². The van der Waals surface area contributed by atoms with Crippen LogP contribution in [0.2, 0.25) is 0 Å². The summed E-state index contributed by atoms with van der Waals surface area (Å²) in [6.45, 7) is 2.90. The molecule has 2 saturated carbocycles. The van der Waals surface area contributed by atoms with Crippen molar-refractivity contribution >= 4 is 6.09 Å². The molecule has 37 heavy (non-hydrogen) atoms. The van der Waals surface area contributed by atoms with Crippen LogP contribution in [0.15, 0.2) is 42.7 Å². The maximum atomic E-state index is 13.3. The molecule has 3 aliphatic carbocycles. The lowest BCUT2D eigenvalue weighted by atomic mass is 9.49. The van der Waals surface area contributed by atoms with E-state index in [1.165, 1.54) is 30.4 Å². The molecule has 6 heteroatoms. The fourth-order valence-electron chi connectivity index (χ4n) is 8.44. The zero-order chi connectivity index (χ0) is 25.0. The first-order chi connectivity index (χ1) is 18.1. The summed E-state index contributed by atoms with van der Waals surface area (Å²) in [4.78, 5) is 22.1. The minimum atomic E-state index is -0.691. The van der Waals surface area contributed by atoms with Gasteiger partial charge in [0.05, 0.1) is 11.6 Å². The van der Waals surface area contributed by atoms with E-state index in [9.17, 15) is 9.90 Å². The zero-order valence-corrected chi connectivity index (χ0v) is 21.8. The molecule has 4 fully saturated rings. The largest absolute Gasteiger partial charge is 0.415 e. The summed E-state index contributed by atoms with van der Waals surface area (Å²) in [5, 5.41) is 12.4. The third-order valence-corrected chi connectivity index (χ3v) is 10.5. The van der Waals surface area contributed by atoms with Gasteiger partial charge in [-0.15, -0.1) is 0 Å². The number of rotatable bonds is 4. The molecule has 1 aromatic carbocycles. The lowest BCUT2D eigenvalue weighted by Gasteiger charge is -2.64. The normalized spacial score (nSPS) is 33.4. The number of pyridine rings is 1. The molecule has 2 bridgehead atoms. The summed E-state index contributed by atoms with van der Waals surface area (Å²) in [5.41, 5.74) is 2.72. The number of piperidine rings is 1. The van der Waals surface area contributed by atoms with Gasteiger partial charge in [0.25, 0.3) is 0 Å². The topological polar surface area (TPSA) is 65.9 Å². The van der Waals surface area contributed by atoms with Gasteiger partial charge in [-0.05, 0) is 98.7 Å². The van der Waals surface area contributed by atoms with Crippen molar-refractivity contribution in [1.82, 2.24) is 14.8 Å². The fourth-order valence-corrected chi connectivity index (χ4v) is 8.44. The molecule has 2 saturated heterocycles. The summed E-state index contributed by atoms with van der Waals surface area (Å²) in [6.07, 6.45) is 15.3. The van der Waals surface area contributed by atoms with Crippen LogP contribution in [0.5, 0.6) is 5.75 Å². The van der Waals surface area contributed by atoms with E-state index in [-0.39, 0.29) is 23.6 Å². The highest BCUT2D eigenvalue weighted by Crippen LogP contribution is 2.58. The Morgan fingerprint density at radius 3 is 2.76 bits per heavy atom. The summed E-state index contributed by atoms with van der Waals surface area (Å²) >= 11 is 0. The van der Waals surface area contributed by atoms with Gasteiger partial charge in [0.15, 0.2) is 0 Å². The fraction of sp³-hybridized carbons (Fsp3) is 0.613. The number of hydrogen-bond acceptors (Lipinski definition) is 5. The average molecular weight is 502 g/mol. The molecule has 1 amide bonds. The molecule has 4 atom stereocenters. The van der Waals surface area contributed by atoms with Crippen molar-refractivity contribution in [3.8, 4) is 5.75 Å². The minimum Gasteiger partial charge on any atom is -0.410 e. The maximum absolute atomic E-state index is 13.3. The third-order valence-electron chi connectivity index (χ3n) is 10.5. The standard InChI is InChI=1S/C31H39N3O3/c35-29(34-16-5-9-27(34)24-8-4-15-32-20-24)37-25-11-10-23-18-28-31(36)13-2-1-12-30(31,26(23)19-25)14-17-33(28)21-22-6-3-7-22/h4,8,10-11,15,19-20,22,27-28,36H,1-3,5-7,9,12-14,16-18,21H2/t27-,28-,30?,31+/m0/s1. The number of fused-ring (bicyclic) bond motifs is 1. The van der Waals surface area contributed by atoms with Gasteiger partial charge in [-0.1, -0.05) is 31.4 Å². The molecule has 2 aromatic rings. The van der Waals surface area contributed by atoms with Crippen LogP contribution >= 0.6 is 0 Å². The number of ether oxygens (including phenoxy) is 1. The van der Waals surface area contributed by atoms with Crippen LogP contribution in [0.25, 0.3) is 0 Å². The highest BCUT2D eigenvalue weighted by molar-refractivity contribution is 5.72. The van der Waals surface area contributed by atoms with Gasteiger partial charge in [-0.3, -0.25) is 9.88 Å². The molecule has 5 aliphatic rings. The smallest absolute Gasteiger partial charge is 0.410 e. The summed E-state index contributed by atoms with van der Waals surface area (Å²) < 4.78 is 6.03. The maximum Gasteiger partial charge on any atom is 0.415 e. The molecule has 7 rings (SSSR count). The third kappa shape index (κ3) is 3.74. The Balaban J connectivity index is 1.17. The molecule has 1 N–H and O–H groups in total. The molecule has 196 valence electrons. The molecule has 0 spiro atoms. The van der Waals surface area contributed by atoms with Crippen LogP contribution in [0.4, 0.5) is 4.79 Å². The van der Waals surface area contributed by atoms with Crippen LogP contribution in [-0.4, -0.2) is 57.3 Å². The van der Waals surface area contributed by atoms with Crippen molar-refractivity contribution in [3.63, 3.8) is 0 Å². The number of aliphatic hydroxyl groups is 1. The quantitative estimate of drug-likeness (QED) is 0.608. The number of amides is 1. The van der Waals surface area contributed by atoms with Crippen molar-refractivity contribution in [3.05, 3.63) is 59.4 Å². The van der Waals surface area contributed by atoms with Crippen molar-refractivity contribution in [2.45, 2.75) is 93.7 Å². The average Bonchev–Trinajstić information content (AvgIpc) is 3.38. The lowest BCUT2D eigenvalue weighted by molar-refractivity contribution is -0.169. The molecule has 0 radical (unpaired) electrons. The van der Waals surface area contributed by atoms with Crippen LogP contribution in [0.3, 0.4) is 0 Å². The summed E-state index contributed by atoms with van der Waals surface area (Å²) in [5.74, 6) is 1.42. The lowest BCUT2D eigenvalue weighted by Crippen LogP contribution is -2.72. The van der Waals surface area contributed by atoms with Gasteiger partial charge in [0.1, 0.15) is 5.75 Å². The van der Waals surface area contributed by atoms with Gasteiger partial charge in [-0.2, -0.15) is 0 Å². The SMILES string of the molecule is O=C(Oc1ccc2c(c1)C13CCCC[C@@]1(O)[C@H](C2)N(CC1CCC1)CC3)N1CCC[C@H]1c1cccnc1. The molecular formula is C31H39N3O3. The Labute approximate surface area is 220 Å². The van der Waals surface area contributed by atoms with Crippen LogP contribution in [-0.2, 0) is 11.8 Å². The van der Waals surface area contributed by atoms with Gasteiger partial charge in [-0.25, -0.2) is 4.79 Å². The van der Waals surface area contributed by atoms with Crippen LogP contribution in [0.1, 0.15) is 86.9 Å². The molecule has 3 heterocycles.